The summed E-state index contributed by atoms with van der Waals surface area (Å²) in [6, 6.07) is 5.87. The van der Waals surface area contributed by atoms with Crippen molar-refractivity contribution in [1.29, 1.82) is 0 Å². The number of phenolic OH excluding ortho intramolecular Hbond substituents is 1. The highest BCUT2D eigenvalue weighted by atomic mass is 16.3. The average molecular weight is 250 g/mol. The molecule has 1 rings (SSSR count). The lowest BCUT2D eigenvalue weighted by atomic mass is 10.0. The molecular formula is C15H26N2O. The van der Waals surface area contributed by atoms with E-state index in [4.69, 9.17) is 0 Å². The zero-order chi connectivity index (χ0) is 13.9. The normalized spacial score (nSPS) is 13.9. The molecule has 1 aromatic rings. The van der Waals surface area contributed by atoms with Gasteiger partial charge in [-0.25, -0.2) is 0 Å². The molecule has 3 nitrogen and oxygen atoms in total. The molecule has 0 bridgehead atoms. The minimum absolute atomic E-state index is 0.0910. The maximum Gasteiger partial charge on any atom is 0.120 e. The number of phenols is 1. The molecule has 0 saturated carbocycles. The maximum atomic E-state index is 9.89. The van der Waals surface area contributed by atoms with Gasteiger partial charge in [-0.2, -0.15) is 0 Å². The first-order valence-electron chi connectivity index (χ1n) is 6.44. The zero-order valence-corrected chi connectivity index (χ0v) is 12.4. The van der Waals surface area contributed by atoms with Crippen LogP contribution >= 0.6 is 0 Å². The van der Waals surface area contributed by atoms with E-state index in [1.54, 1.807) is 6.07 Å². The van der Waals surface area contributed by atoms with Crippen molar-refractivity contribution in [2.24, 2.45) is 0 Å². The molecule has 0 radical (unpaired) electrons. The molecule has 102 valence electrons. The summed E-state index contributed by atoms with van der Waals surface area (Å²) in [4.78, 5) is 2.20. The summed E-state index contributed by atoms with van der Waals surface area (Å²) < 4.78 is 0. The second-order valence-electron chi connectivity index (χ2n) is 5.87. The third kappa shape index (κ3) is 3.72. The molecule has 0 aliphatic heterocycles. The van der Waals surface area contributed by atoms with Gasteiger partial charge in [0.1, 0.15) is 5.75 Å². The third-order valence-electron chi connectivity index (χ3n) is 3.70. The second kappa shape index (κ2) is 5.72. The highest BCUT2D eigenvalue weighted by Gasteiger charge is 2.21. The minimum Gasteiger partial charge on any atom is -0.508 e. The van der Waals surface area contributed by atoms with Crippen LogP contribution in [-0.2, 0) is 0 Å². The SMILES string of the molecule is Cc1ccc(O)c(C(C)NCC(C)(C)N(C)C)c1. The van der Waals surface area contributed by atoms with E-state index in [2.05, 4.69) is 45.1 Å². The Balaban J connectivity index is 2.71. The van der Waals surface area contributed by atoms with Crippen LogP contribution in [0, 0.1) is 6.92 Å². The Bertz CT molecular complexity index is 399. The van der Waals surface area contributed by atoms with Gasteiger partial charge in [0, 0.05) is 23.7 Å². The van der Waals surface area contributed by atoms with Crippen molar-refractivity contribution in [3.8, 4) is 5.75 Å². The Morgan fingerprint density at radius 1 is 1.33 bits per heavy atom. The van der Waals surface area contributed by atoms with Gasteiger partial charge in [-0.05, 0) is 47.9 Å². The summed E-state index contributed by atoms with van der Waals surface area (Å²) >= 11 is 0. The van der Waals surface area contributed by atoms with Gasteiger partial charge in [-0.1, -0.05) is 17.7 Å². The molecule has 0 aliphatic rings. The predicted octanol–water partition coefficient (Wildman–Crippen LogP) is 2.69. The average Bonchev–Trinajstić information content (AvgIpc) is 2.29. The van der Waals surface area contributed by atoms with Crippen molar-refractivity contribution in [3.05, 3.63) is 29.3 Å². The molecule has 0 aliphatic carbocycles. The van der Waals surface area contributed by atoms with Crippen LogP contribution in [0.1, 0.15) is 37.9 Å². The predicted molar refractivity (Wildman–Crippen MR) is 77.0 cm³/mol. The van der Waals surface area contributed by atoms with Crippen LogP contribution in [0.25, 0.3) is 0 Å². The maximum absolute atomic E-state index is 9.89. The van der Waals surface area contributed by atoms with Gasteiger partial charge in [0.25, 0.3) is 0 Å². The molecule has 18 heavy (non-hydrogen) atoms. The lowest BCUT2D eigenvalue weighted by molar-refractivity contribution is 0.185. The van der Waals surface area contributed by atoms with Crippen molar-refractivity contribution in [3.63, 3.8) is 0 Å². The summed E-state index contributed by atoms with van der Waals surface area (Å²) in [5.74, 6) is 0.364. The summed E-state index contributed by atoms with van der Waals surface area (Å²) in [6.45, 7) is 9.39. The van der Waals surface area contributed by atoms with Crippen molar-refractivity contribution < 1.29 is 5.11 Å². The van der Waals surface area contributed by atoms with Gasteiger partial charge in [-0.15, -0.1) is 0 Å². The molecule has 1 aromatic carbocycles. The molecule has 0 heterocycles. The number of aryl methyl sites for hydroxylation is 1. The second-order valence-corrected chi connectivity index (χ2v) is 5.87. The fraction of sp³-hybridized carbons (Fsp3) is 0.600. The van der Waals surface area contributed by atoms with Crippen LogP contribution in [0.15, 0.2) is 18.2 Å². The smallest absolute Gasteiger partial charge is 0.120 e. The molecule has 0 fully saturated rings. The van der Waals surface area contributed by atoms with Gasteiger partial charge < -0.3 is 15.3 Å². The van der Waals surface area contributed by atoms with Crippen molar-refractivity contribution in [1.82, 2.24) is 10.2 Å². The molecular weight excluding hydrogens is 224 g/mol. The van der Waals surface area contributed by atoms with E-state index in [0.29, 0.717) is 5.75 Å². The Morgan fingerprint density at radius 2 is 1.94 bits per heavy atom. The van der Waals surface area contributed by atoms with Gasteiger partial charge in [0.05, 0.1) is 0 Å². The van der Waals surface area contributed by atoms with Crippen LogP contribution in [-0.4, -0.2) is 36.2 Å². The summed E-state index contributed by atoms with van der Waals surface area (Å²) in [6.07, 6.45) is 0. The van der Waals surface area contributed by atoms with Crippen LogP contribution in [0.3, 0.4) is 0 Å². The van der Waals surface area contributed by atoms with Gasteiger partial charge in [0.15, 0.2) is 0 Å². The first kappa shape index (κ1) is 15.0. The molecule has 0 aromatic heterocycles. The van der Waals surface area contributed by atoms with Crippen molar-refractivity contribution >= 4 is 0 Å². The summed E-state index contributed by atoms with van der Waals surface area (Å²) in [5.41, 5.74) is 2.22. The quantitative estimate of drug-likeness (QED) is 0.843. The van der Waals surface area contributed by atoms with E-state index < -0.39 is 0 Å². The fourth-order valence-electron chi connectivity index (χ4n) is 1.69. The minimum atomic E-state index is 0.0910. The highest BCUT2D eigenvalue weighted by molar-refractivity contribution is 5.37. The Hall–Kier alpha value is -1.06. The van der Waals surface area contributed by atoms with Crippen LogP contribution in [0.2, 0.25) is 0 Å². The van der Waals surface area contributed by atoms with Gasteiger partial charge in [-0.3, -0.25) is 0 Å². The van der Waals surface area contributed by atoms with Gasteiger partial charge >= 0.3 is 0 Å². The van der Waals surface area contributed by atoms with E-state index in [-0.39, 0.29) is 11.6 Å². The number of hydrogen-bond donors (Lipinski definition) is 2. The van der Waals surface area contributed by atoms with Crippen molar-refractivity contribution in [2.45, 2.75) is 39.3 Å². The van der Waals surface area contributed by atoms with Gasteiger partial charge in [0.2, 0.25) is 0 Å². The fourth-order valence-corrected chi connectivity index (χ4v) is 1.69. The Labute approximate surface area is 111 Å². The topological polar surface area (TPSA) is 35.5 Å². The number of nitrogens with one attached hydrogen (secondary N) is 1. The number of aromatic hydroxyl groups is 1. The van der Waals surface area contributed by atoms with E-state index in [0.717, 1.165) is 12.1 Å². The van der Waals surface area contributed by atoms with Crippen LogP contribution in [0.4, 0.5) is 0 Å². The number of rotatable bonds is 5. The number of hydrogen-bond acceptors (Lipinski definition) is 3. The highest BCUT2D eigenvalue weighted by Crippen LogP contribution is 2.25. The Kier molecular flexibility index (Phi) is 4.77. The van der Waals surface area contributed by atoms with E-state index in [1.807, 2.05) is 19.1 Å². The largest absolute Gasteiger partial charge is 0.508 e. The summed E-state index contributed by atoms with van der Waals surface area (Å²) in [7, 11) is 4.16. The molecule has 1 atom stereocenters. The monoisotopic (exact) mass is 250 g/mol. The molecule has 0 saturated heterocycles. The number of benzene rings is 1. The van der Waals surface area contributed by atoms with Crippen molar-refractivity contribution in [2.75, 3.05) is 20.6 Å². The van der Waals surface area contributed by atoms with E-state index in [9.17, 15) is 5.11 Å². The lowest BCUT2D eigenvalue weighted by Crippen LogP contribution is -2.47. The van der Waals surface area contributed by atoms with E-state index >= 15 is 0 Å². The molecule has 1 unspecified atom stereocenters. The third-order valence-corrected chi connectivity index (χ3v) is 3.70. The zero-order valence-electron chi connectivity index (χ0n) is 12.4. The standard InChI is InChI=1S/C15H26N2O/c1-11-7-8-14(18)13(9-11)12(2)16-10-15(3,4)17(5)6/h7-9,12,16,18H,10H2,1-6H3. The lowest BCUT2D eigenvalue weighted by Gasteiger charge is -2.34. The Morgan fingerprint density at radius 3 is 2.50 bits per heavy atom. The van der Waals surface area contributed by atoms with Crippen LogP contribution < -0.4 is 5.32 Å². The number of likely N-dealkylation sites (N-methyl/N-ethyl adjacent to an activating group) is 1. The summed E-state index contributed by atoms with van der Waals surface area (Å²) in [5, 5.41) is 13.4. The molecule has 0 amide bonds. The molecule has 2 N–H and O–H groups in total. The molecule has 0 spiro atoms. The molecule has 3 heteroatoms. The van der Waals surface area contributed by atoms with E-state index in [1.165, 1.54) is 5.56 Å². The number of nitrogens with zero attached hydrogens (tertiary/aromatic N) is 1. The first-order valence-corrected chi connectivity index (χ1v) is 6.44. The first-order chi connectivity index (χ1) is 8.24. The van der Waals surface area contributed by atoms with Crippen LogP contribution in [0.5, 0.6) is 5.75 Å².